The normalized spacial score (nSPS) is 18.9. The molecule has 0 aliphatic carbocycles. The predicted molar refractivity (Wildman–Crippen MR) is 80.7 cm³/mol. The zero-order valence-corrected chi connectivity index (χ0v) is 12.5. The lowest BCUT2D eigenvalue weighted by atomic mass is 9.98. The average Bonchev–Trinajstić information content (AvgIpc) is 2.46. The Bertz CT molecular complexity index is 504. The Morgan fingerprint density at radius 2 is 2.10 bits per heavy atom. The van der Waals surface area contributed by atoms with Crippen molar-refractivity contribution in [3.05, 3.63) is 29.8 Å². The fourth-order valence-electron chi connectivity index (χ4n) is 2.69. The van der Waals surface area contributed by atoms with Gasteiger partial charge in [-0.2, -0.15) is 0 Å². The van der Waals surface area contributed by atoms with Crippen molar-refractivity contribution < 1.29 is 9.59 Å². The van der Waals surface area contributed by atoms with Crippen LogP contribution in [0.15, 0.2) is 29.2 Å². The number of piperidine rings is 1. The van der Waals surface area contributed by atoms with Gasteiger partial charge in [0.1, 0.15) is 0 Å². The molecule has 5 heteroatoms. The molecule has 1 atom stereocenters. The second kappa shape index (κ2) is 6.79. The number of nitrogens with zero attached hydrogens (tertiary/aromatic N) is 1. The van der Waals surface area contributed by atoms with Crippen molar-refractivity contribution in [2.45, 2.75) is 36.6 Å². The van der Waals surface area contributed by atoms with Crippen LogP contribution in [0.25, 0.3) is 0 Å². The Hall–Kier alpha value is -1.49. The van der Waals surface area contributed by atoms with Crippen molar-refractivity contribution in [2.24, 2.45) is 5.73 Å². The van der Waals surface area contributed by atoms with E-state index in [4.69, 9.17) is 5.73 Å². The van der Waals surface area contributed by atoms with Crippen LogP contribution in [0.4, 0.5) is 0 Å². The van der Waals surface area contributed by atoms with Gasteiger partial charge in [0.25, 0.3) is 5.91 Å². The minimum Gasteiger partial charge on any atom is -0.370 e. The topological polar surface area (TPSA) is 63.4 Å². The lowest BCUT2D eigenvalue weighted by Gasteiger charge is -2.35. The molecule has 1 fully saturated rings. The Balaban J connectivity index is 2.23. The summed E-state index contributed by atoms with van der Waals surface area (Å²) >= 11 is 1.56. The van der Waals surface area contributed by atoms with Crippen LogP contribution < -0.4 is 5.73 Å². The van der Waals surface area contributed by atoms with Gasteiger partial charge in [0, 0.05) is 23.9 Å². The van der Waals surface area contributed by atoms with Gasteiger partial charge in [-0.3, -0.25) is 9.59 Å². The van der Waals surface area contributed by atoms with Gasteiger partial charge in [0.15, 0.2) is 0 Å². The molecule has 4 nitrogen and oxygen atoms in total. The molecule has 0 radical (unpaired) electrons. The van der Waals surface area contributed by atoms with E-state index >= 15 is 0 Å². The molecule has 2 rings (SSSR count). The van der Waals surface area contributed by atoms with E-state index in [9.17, 15) is 9.59 Å². The van der Waals surface area contributed by atoms with Gasteiger partial charge >= 0.3 is 0 Å². The number of rotatable bonds is 4. The number of amides is 2. The van der Waals surface area contributed by atoms with Crippen molar-refractivity contribution in [1.82, 2.24) is 4.90 Å². The van der Waals surface area contributed by atoms with Crippen molar-refractivity contribution in [3.63, 3.8) is 0 Å². The summed E-state index contributed by atoms with van der Waals surface area (Å²) in [6, 6.07) is 7.55. The number of hydrogen-bond donors (Lipinski definition) is 1. The van der Waals surface area contributed by atoms with Crippen LogP contribution in [0.3, 0.4) is 0 Å². The van der Waals surface area contributed by atoms with E-state index in [-0.39, 0.29) is 24.3 Å². The largest absolute Gasteiger partial charge is 0.370 e. The summed E-state index contributed by atoms with van der Waals surface area (Å²) in [4.78, 5) is 26.7. The monoisotopic (exact) mass is 292 g/mol. The molecular weight excluding hydrogens is 272 g/mol. The van der Waals surface area contributed by atoms with Crippen molar-refractivity contribution in [2.75, 3.05) is 12.8 Å². The van der Waals surface area contributed by atoms with Gasteiger partial charge in [-0.1, -0.05) is 12.1 Å². The van der Waals surface area contributed by atoms with Crippen LogP contribution in [0.1, 0.15) is 36.0 Å². The molecular formula is C15H20N2O2S. The summed E-state index contributed by atoms with van der Waals surface area (Å²) in [5.74, 6) is -0.325. The van der Waals surface area contributed by atoms with E-state index in [0.29, 0.717) is 6.54 Å². The van der Waals surface area contributed by atoms with Gasteiger partial charge in [0.05, 0.1) is 5.56 Å². The van der Waals surface area contributed by atoms with Crippen LogP contribution in [0.5, 0.6) is 0 Å². The Kier molecular flexibility index (Phi) is 5.06. The molecule has 0 bridgehead atoms. The van der Waals surface area contributed by atoms with Gasteiger partial charge in [-0.25, -0.2) is 0 Å². The first-order valence-electron chi connectivity index (χ1n) is 6.85. The number of likely N-dealkylation sites (tertiary alicyclic amines) is 1. The summed E-state index contributed by atoms with van der Waals surface area (Å²) in [5, 5.41) is 0. The molecule has 2 N–H and O–H groups in total. The molecule has 108 valence electrons. The number of hydrogen-bond acceptors (Lipinski definition) is 3. The SMILES string of the molecule is CSc1ccccc1C(=O)N1CCCCC1CC(N)=O. The van der Waals surface area contributed by atoms with Gasteiger partial charge in [0.2, 0.25) is 5.91 Å². The van der Waals surface area contributed by atoms with Crippen molar-refractivity contribution in [3.8, 4) is 0 Å². The summed E-state index contributed by atoms with van der Waals surface area (Å²) in [6.07, 6.45) is 5.11. The van der Waals surface area contributed by atoms with Gasteiger partial charge in [-0.15, -0.1) is 11.8 Å². The van der Waals surface area contributed by atoms with Crippen molar-refractivity contribution in [1.29, 1.82) is 0 Å². The minimum absolute atomic E-state index is 0.0147. The maximum absolute atomic E-state index is 12.7. The molecule has 1 aliphatic rings. The predicted octanol–water partition coefficient (Wildman–Crippen LogP) is 2.28. The van der Waals surface area contributed by atoms with Crippen LogP contribution in [0, 0.1) is 0 Å². The highest BCUT2D eigenvalue weighted by atomic mass is 32.2. The Labute approximate surface area is 123 Å². The maximum Gasteiger partial charge on any atom is 0.255 e. The number of nitrogens with two attached hydrogens (primary N) is 1. The lowest BCUT2D eigenvalue weighted by molar-refractivity contribution is -0.119. The molecule has 0 saturated carbocycles. The summed E-state index contributed by atoms with van der Waals surface area (Å²) < 4.78 is 0. The first-order valence-corrected chi connectivity index (χ1v) is 8.08. The molecule has 1 aromatic carbocycles. The van der Waals surface area contributed by atoms with Crippen molar-refractivity contribution >= 4 is 23.6 Å². The highest BCUT2D eigenvalue weighted by Gasteiger charge is 2.29. The number of carbonyl (C=O) groups is 2. The summed E-state index contributed by atoms with van der Waals surface area (Å²) in [5.41, 5.74) is 6.02. The van der Waals surface area contributed by atoms with Crippen LogP contribution in [-0.4, -0.2) is 35.6 Å². The minimum atomic E-state index is -0.340. The third kappa shape index (κ3) is 3.33. The molecule has 1 aromatic rings. The van der Waals surface area contributed by atoms with Gasteiger partial charge < -0.3 is 10.6 Å². The average molecular weight is 292 g/mol. The second-order valence-corrected chi connectivity index (χ2v) is 5.87. The van der Waals surface area contributed by atoms with Crippen LogP contribution in [0.2, 0.25) is 0 Å². The van der Waals surface area contributed by atoms with E-state index in [1.807, 2.05) is 35.4 Å². The molecule has 1 saturated heterocycles. The first-order chi connectivity index (χ1) is 9.63. The number of thioether (sulfide) groups is 1. The van der Waals surface area contributed by atoms with E-state index in [2.05, 4.69) is 0 Å². The fraction of sp³-hybridized carbons (Fsp3) is 0.467. The summed E-state index contributed by atoms with van der Waals surface area (Å²) in [7, 11) is 0. The standard InChI is InChI=1S/C15H20N2O2S/c1-20-13-8-3-2-7-12(13)15(19)17-9-5-4-6-11(17)10-14(16)18/h2-3,7-8,11H,4-6,9-10H2,1H3,(H2,16,18). The molecule has 20 heavy (non-hydrogen) atoms. The number of benzene rings is 1. The zero-order valence-electron chi connectivity index (χ0n) is 11.7. The molecule has 2 amide bonds. The number of primary amides is 1. The quantitative estimate of drug-likeness (QED) is 0.866. The zero-order chi connectivity index (χ0) is 14.5. The third-order valence-corrected chi connectivity index (χ3v) is 4.46. The van der Waals surface area contributed by atoms with Crippen LogP contribution in [-0.2, 0) is 4.79 Å². The van der Waals surface area contributed by atoms with Gasteiger partial charge in [-0.05, 0) is 37.7 Å². The number of carbonyl (C=O) groups excluding carboxylic acids is 2. The lowest BCUT2D eigenvalue weighted by Crippen LogP contribution is -2.45. The highest BCUT2D eigenvalue weighted by Crippen LogP contribution is 2.26. The van der Waals surface area contributed by atoms with E-state index in [0.717, 1.165) is 29.7 Å². The second-order valence-electron chi connectivity index (χ2n) is 5.02. The maximum atomic E-state index is 12.7. The van der Waals surface area contributed by atoms with E-state index in [1.165, 1.54) is 0 Å². The van der Waals surface area contributed by atoms with Crippen LogP contribution >= 0.6 is 11.8 Å². The highest BCUT2D eigenvalue weighted by molar-refractivity contribution is 7.98. The first kappa shape index (κ1) is 14.9. The van der Waals surface area contributed by atoms with E-state index < -0.39 is 0 Å². The Morgan fingerprint density at radius 3 is 2.80 bits per heavy atom. The van der Waals surface area contributed by atoms with E-state index in [1.54, 1.807) is 11.8 Å². The molecule has 1 aliphatic heterocycles. The smallest absolute Gasteiger partial charge is 0.255 e. The molecule has 1 unspecified atom stereocenters. The fourth-order valence-corrected chi connectivity index (χ4v) is 3.28. The molecule has 1 heterocycles. The molecule has 0 aromatic heterocycles. The summed E-state index contributed by atoms with van der Waals surface area (Å²) in [6.45, 7) is 0.708. The third-order valence-electron chi connectivity index (χ3n) is 3.66. The molecule has 0 spiro atoms. The Morgan fingerprint density at radius 1 is 1.35 bits per heavy atom.